The van der Waals surface area contributed by atoms with Gasteiger partial charge in [0.05, 0.1) is 0 Å². The van der Waals surface area contributed by atoms with Crippen LogP contribution < -0.4 is 5.73 Å². The van der Waals surface area contributed by atoms with Gasteiger partial charge in [-0.15, -0.1) is 0 Å². The fraction of sp³-hybridized carbons (Fsp3) is 1.00. The van der Waals surface area contributed by atoms with E-state index in [-0.39, 0.29) is 0 Å². The molecule has 2 N–H and O–H groups in total. The van der Waals surface area contributed by atoms with Crippen molar-refractivity contribution in [1.82, 2.24) is 9.80 Å². The quantitative estimate of drug-likeness (QED) is 0.848. The molecule has 2 aliphatic rings. The molecule has 2 fully saturated rings. The maximum atomic E-state index is 6.57. The fourth-order valence-electron chi connectivity index (χ4n) is 4.15. The van der Waals surface area contributed by atoms with Crippen molar-refractivity contribution >= 4 is 0 Å². The van der Waals surface area contributed by atoms with Gasteiger partial charge in [-0.2, -0.15) is 0 Å². The summed E-state index contributed by atoms with van der Waals surface area (Å²) in [6.07, 6.45) is 5.26. The summed E-state index contributed by atoms with van der Waals surface area (Å²) in [5, 5.41) is 0. The predicted molar refractivity (Wildman–Crippen MR) is 82.3 cm³/mol. The third-order valence-corrected chi connectivity index (χ3v) is 5.63. The van der Waals surface area contributed by atoms with Gasteiger partial charge in [-0.3, -0.25) is 9.80 Å². The monoisotopic (exact) mass is 267 g/mol. The van der Waals surface area contributed by atoms with Crippen LogP contribution >= 0.6 is 0 Å². The lowest BCUT2D eigenvalue weighted by Gasteiger charge is -2.45. The Morgan fingerprint density at radius 3 is 2.53 bits per heavy atom. The van der Waals surface area contributed by atoms with E-state index in [9.17, 15) is 0 Å². The molecule has 1 saturated heterocycles. The molecule has 0 aromatic heterocycles. The van der Waals surface area contributed by atoms with E-state index < -0.39 is 0 Å². The Balaban J connectivity index is 1.96. The molecule has 0 aromatic rings. The number of likely N-dealkylation sites (N-methyl/N-ethyl adjacent to an activating group) is 1. The molecule has 0 spiro atoms. The lowest BCUT2D eigenvalue weighted by Crippen LogP contribution is -2.56. The number of nitrogens with zero attached hydrogens (tertiary/aromatic N) is 2. The van der Waals surface area contributed by atoms with Gasteiger partial charge in [0.2, 0.25) is 0 Å². The average molecular weight is 267 g/mol. The van der Waals surface area contributed by atoms with Gasteiger partial charge in [-0.1, -0.05) is 34.1 Å². The Morgan fingerprint density at radius 1 is 1.21 bits per heavy atom. The summed E-state index contributed by atoms with van der Waals surface area (Å²) in [7, 11) is 0. The smallest absolute Gasteiger partial charge is 0.0253 e. The summed E-state index contributed by atoms with van der Waals surface area (Å²) < 4.78 is 0. The zero-order valence-electron chi connectivity index (χ0n) is 13.4. The van der Waals surface area contributed by atoms with Crippen LogP contribution in [0.1, 0.15) is 53.4 Å². The van der Waals surface area contributed by atoms with E-state index in [1.807, 2.05) is 0 Å². The van der Waals surface area contributed by atoms with Crippen LogP contribution in [0.15, 0.2) is 0 Å². The van der Waals surface area contributed by atoms with Crippen LogP contribution in [0.2, 0.25) is 0 Å². The molecule has 1 aliphatic carbocycles. The van der Waals surface area contributed by atoms with Crippen molar-refractivity contribution in [2.24, 2.45) is 11.1 Å². The van der Waals surface area contributed by atoms with Gasteiger partial charge in [-0.05, 0) is 37.8 Å². The van der Waals surface area contributed by atoms with Crippen molar-refractivity contribution < 1.29 is 0 Å². The molecular formula is C16H33N3. The van der Waals surface area contributed by atoms with Crippen molar-refractivity contribution in [2.75, 3.05) is 26.2 Å². The van der Waals surface area contributed by atoms with Gasteiger partial charge in [0, 0.05) is 31.2 Å². The highest BCUT2D eigenvalue weighted by molar-refractivity contribution is 4.99. The van der Waals surface area contributed by atoms with E-state index in [1.165, 1.54) is 51.9 Å². The Labute approximate surface area is 119 Å². The number of hydrogen-bond acceptors (Lipinski definition) is 3. The van der Waals surface area contributed by atoms with Crippen LogP contribution in [0.3, 0.4) is 0 Å². The van der Waals surface area contributed by atoms with E-state index in [2.05, 4.69) is 37.5 Å². The highest BCUT2D eigenvalue weighted by Gasteiger charge is 2.41. The first-order chi connectivity index (χ1) is 8.99. The third-order valence-electron chi connectivity index (χ3n) is 5.63. The Bertz CT molecular complexity index is 286. The molecule has 1 aliphatic heterocycles. The predicted octanol–water partition coefficient (Wildman–Crippen LogP) is 2.31. The number of likely N-dealkylation sites (tertiary alicyclic amines) is 1. The molecule has 3 atom stereocenters. The molecule has 1 saturated carbocycles. The van der Waals surface area contributed by atoms with Crippen LogP contribution in [0.4, 0.5) is 0 Å². The molecular weight excluding hydrogens is 234 g/mol. The van der Waals surface area contributed by atoms with E-state index >= 15 is 0 Å². The van der Waals surface area contributed by atoms with Gasteiger partial charge < -0.3 is 5.73 Å². The van der Waals surface area contributed by atoms with E-state index in [4.69, 9.17) is 5.73 Å². The summed E-state index contributed by atoms with van der Waals surface area (Å²) in [6.45, 7) is 14.1. The zero-order valence-corrected chi connectivity index (χ0v) is 13.4. The molecule has 3 heteroatoms. The molecule has 3 nitrogen and oxygen atoms in total. The maximum Gasteiger partial charge on any atom is 0.0253 e. The summed E-state index contributed by atoms with van der Waals surface area (Å²) >= 11 is 0. The summed E-state index contributed by atoms with van der Waals surface area (Å²) in [5.74, 6) is 0. The van der Waals surface area contributed by atoms with Crippen molar-refractivity contribution in [3.05, 3.63) is 0 Å². The fourth-order valence-corrected chi connectivity index (χ4v) is 4.15. The minimum absolute atomic E-state index is 0.316. The maximum absolute atomic E-state index is 6.57. The minimum Gasteiger partial charge on any atom is -0.326 e. The molecule has 112 valence electrons. The second-order valence-electron chi connectivity index (χ2n) is 7.13. The minimum atomic E-state index is 0.316. The Hall–Kier alpha value is -0.120. The van der Waals surface area contributed by atoms with Gasteiger partial charge >= 0.3 is 0 Å². The molecule has 19 heavy (non-hydrogen) atoms. The second kappa shape index (κ2) is 6.11. The van der Waals surface area contributed by atoms with E-state index in [1.54, 1.807) is 0 Å². The first-order valence-electron chi connectivity index (χ1n) is 8.23. The third kappa shape index (κ3) is 3.14. The van der Waals surface area contributed by atoms with Crippen LogP contribution in [-0.4, -0.2) is 54.1 Å². The van der Waals surface area contributed by atoms with Crippen molar-refractivity contribution in [2.45, 2.75) is 71.5 Å². The summed E-state index contributed by atoms with van der Waals surface area (Å²) in [5.41, 5.74) is 6.88. The molecule has 1 heterocycles. The highest BCUT2D eigenvalue weighted by Crippen LogP contribution is 2.37. The van der Waals surface area contributed by atoms with Crippen molar-refractivity contribution in [3.63, 3.8) is 0 Å². The summed E-state index contributed by atoms with van der Waals surface area (Å²) in [4.78, 5) is 5.30. The Kier molecular flexibility index (Phi) is 4.91. The number of nitrogens with two attached hydrogens (primary N) is 1. The van der Waals surface area contributed by atoms with Gasteiger partial charge in [0.25, 0.3) is 0 Å². The molecule has 3 unspecified atom stereocenters. The lowest BCUT2D eigenvalue weighted by atomic mass is 9.71. The Morgan fingerprint density at radius 2 is 1.89 bits per heavy atom. The molecule has 0 bridgehead atoms. The van der Waals surface area contributed by atoms with Crippen LogP contribution in [0.25, 0.3) is 0 Å². The van der Waals surface area contributed by atoms with Gasteiger partial charge in [0.1, 0.15) is 0 Å². The molecule has 0 amide bonds. The summed E-state index contributed by atoms with van der Waals surface area (Å²) in [6, 6.07) is 1.72. The van der Waals surface area contributed by atoms with Crippen LogP contribution in [0, 0.1) is 5.41 Å². The number of hydrogen-bond donors (Lipinski definition) is 1. The first kappa shape index (κ1) is 15.3. The average Bonchev–Trinajstić information content (AvgIpc) is 2.84. The highest BCUT2D eigenvalue weighted by atomic mass is 15.3. The van der Waals surface area contributed by atoms with Gasteiger partial charge in [-0.25, -0.2) is 0 Å². The molecule has 0 radical (unpaired) electrons. The second-order valence-corrected chi connectivity index (χ2v) is 7.13. The standard InChI is InChI=1S/C16H33N3/c1-5-18(6-2)13-9-11-19(12-13)14-8-7-10-16(3,4)15(14)17/h13-15H,5-12,17H2,1-4H3. The molecule has 0 aromatic carbocycles. The zero-order chi connectivity index (χ0) is 14.0. The van der Waals surface area contributed by atoms with Crippen molar-refractivity contribution in [1.29, 1.82) is 0 Å². The van der Waals surface area contributed by atoms with E-state index in [0.717, 1.165) is 6.04 Å². The first-order valence-corrected chi connectivity index (χ1v) is 8.23. The number of rotatable bonds is 4. The normalized spacial score (nSPS) is 36.0. The topological polar surface area (TPSA) is 32.5 Å². The van der Waals surface area contributed by atoms with Crippen LogP contribution in [-0.2, 0) is 0 Å². The molecule has 2 rings (SSSR count). The van der Waals surface area contributed by atoms with E-state index in [0.29, 0.717) is 17.5 Å². The van der Waals surface area contributed by atoms with Crippen LogP contribution in [0.5, 0.6) is 0 Å². The van der Waals surface area contributed by atoms with Crippen molar-refractivity contribution in [3.8, 4) is 0 Å². The largest absolute Gasteiger partial charge is 0.326 e. The van der Waals surface area contributed by atoms with Gasteiger partial charge in [0.15, 0.2) is 0 Å². The lowest BCUT2D eigenvalue weighted by molar-refractivity contribution is 0.0772. The SMILES string of the molecule is CCN(CC)C1CCN(C2CCCC(C)(C)C2N)C1.